The molecule has 5 amide bonds. The number of nitrogens with one attached hydrogen (secondary N) is 3. The molecule has 4 saturated heterocycles. The van der Waals surface area contributed by atoms with Gasteiger partial charge in [0.25, 0.3) is 0 Å². The number of aldehydes is 2. The molecule has 10 aliphatic rings. The molecule has 0 spiro atoms. The largest absolute Gasteiger partial charge is 0.444 e. The normalized spacial score (nSPS) is 20.9. The van der Waals surface area contributed by atoms with Gasteiger partial charge in [-0.05, 0) is 256 Å². The molecule has 9 heterocycles. The second kappa shape index (κ2) is 50.4. The number of amides is 5. The quantitative estimate of drug-likeness (QED) is 0.0582. The Morgan fingerprint density at radius 3 is 1.08 bits per heavy atom. The highest BCUT2D eigenvalue weighted by molar-refractivity contribution is 5.90. The highest BCUT2D eigenvalue weighted by Gasteiger charge is 2.63. The summed E-state index contributed by atoms with van der Waals surface area (Å²) in [4.78, 5) is 113. The van der Waals surface area contributed by atoms with Crippen molar-refractivity contribution in [2.24, 2.45) is 60.8 Å². The number of hydrogen-bond acceptors (Lipinski definition) is 19. The molecular formula is C100H117ClF12N14O11. The fourth-order valence-electron chi connectivity index (χ4n) is 18.0. The fraction of sp³-hybridized carbons (Fsp3) is 0.460. The molecule has 38 heteroatoms. The summed E-state index contributed by atoms with van der Waals surface area (Å²) in [7, 11) is 0. The minimum absolute atomic E-state index is 0. The Bertz CT molecular complexity index is 5290. The van der Waals surface area contributed by atoms with Crippen LogP contribution in [-0.2, 0) is 33.4 Å². The van der Waals surface area contributed by atoms with Gasteiger partial charge in [-0.3, -0.25) is 38.1 Å². The lowest BCUT2D eigenvalue weighted by Gasteiger charge is -2.35. The van der Waals surface area contributed by atoms with Crippen molar-refractivity contribution < 1.29 is 105 Å². The molecule has 6 atom stereocenters. The van der Waals surface area contributed by atoms with Gasteiger partial charge in [0.15, 0.2) is 0 Å². The van der Waals surface area contributed by atoms with E-state index in [1.807, 2.05) is 41.5 Å². The van der Waals surface area contributed by atoms with E-state index in [1.165, 1.54) is 93.0 Å². The lowest BCUT2D eigenvalue weighted by molar-refractivity contribution is -0.139. The number of benzene rings is 6. The number of rotatable bonds is 12. The zero-order valence-corrected chi connectivity index (χ0v) is 79.1. The molecule has 2 bridgehead atoms. The van der Waals surface area contributed by atoms with Crippen LogP contribution in [0.1, 0.15) is 232 Å². The second-order valence-electron chi connectivity index (χ2n) is 37.1. The van der Waals surface area contributed by atoms with Crippen molar-refractivity contribution in [2.75, 3.05) is 52.4 Å². The Balaban J connectivity index is 0.000000180. The van der Waals surface area contributed by atoms with Crippen LogP contribution in [0, 0.1) is 110 Å². The number of carbonyl (C=O) groups excluding carboxylic acids is 9. The molecule has 17 rings (SSSR count). The third-order valence-electron chi connectivity index (χ3n) is 25.1. The monoisotopic (exact) mass is 1950 g/mol. The van der Waals surface area contributed by atoms with Crippen molar-refractivity contribution in [2.45, 2.75) is 200 Å². The van der Waals surface area contributed by atoms with Crippen LogP contribution in [0.3, 0.4) is 0 Å². The standard InChI is InChI=1S/C20H25F2N3O3.2C15H17F2N3O.C14H21N3O3.C11H18O.C9H8F2N2.C9H6F2O.C7H4F2O.ClH/c1-20(2,3)28-19(27)24-8-5-13(6-9-24)18(26)25-17(4-7-23-25)14-10-15(21)12-16(22)11-14;2*16-12-7-11(8-13(17)9-12)14-3-6-19-20(14)15(21)10-1-4-18-5-2-10;1-14(2,3)20-13(19)16-7-4-11(5-8-16)12(18)17-9-6-15-10-17;1-4-11-6-5-8(7-9(11)12)10(11,2)3;10-7-3-6(4-8(11)5-7)9-1-2-12-13-9;10-8-4-7(2-1-3-12)5-9(11)6-8;8-6-1-5(4-10)2-7(9)3-6;/h7,10-13,17H,4-6,8-9H2,1-3H3;2*6-10,14,18H,1-5H2;6,9-11H,4-5,7-8H2,1-3H3;8H,4-7H2,1-3H3;2-5,9,13H,1H2;1-6H;1-4H;1H/t;14-;;;8?,11-;;;;/m.0..0..../s1. The third kappa shape index (κ3) is 30.9. The van der Waals surface area contributed by atoms with Crippen LogP contribution in [-0.4, -0.2) is 177 Å². The number of piperidine rings is 4. The molecular weight excluding hydrogens is 1840 g/mol. The summed E-state index contributed by atoms with van der Waals surface area (Å²) in [5, 5.41) is 26.7. The minimum atomic E-state index is -0.734. The van der Waals surface area contributed by atoms with Gasteiger partial charge in [-0.15, -0.1) is 12.4 Å². The number of hydrogen-bond donors (Lipinski definition) is 3. The van der Waals surface area contributed by atoms with Gasteiger partial charge in [0.1, 0.15) is 106 Å². The molecule has 6 fully saturated rings. The number of nitrogens with zero attached hydrogens (tertiary/aromatic N) is 11. The Morgan fingerprint density at radius 1 is 0.449 bits per heavy atom. The van der Waals surface area contributed by atoms with Gasteiger partial charge in [-0.25, -0.2) is 82.3 Å². The first-order valence-electron chi connectivity index (χ1n) is 45.6. The van der Waals surface area contributed by atoms with E-state index in [2.05, 4.69) is 62.2 Å². The fourth-order valence-corrected chi connectivity index (χ4v) is 18.0. The molecule has 2 saturated carbocycles. The predicted octanol–water partition coefficient (Wildman–Crippen LogP) is 19.6. The molecule has 3 N–H and O–H groups in total. The second-order valence-corrected chi connectivity index (χ2v) is 37.1. The van der Waals surface area contributed by atoms with Gasteiger partial charge in [0.05, 0.1) is 24.2 Å². The van der Waals surface area contributed by atoms with Gasteiger partial charge >= 0.3 is 12.2 Å². The van der Waals surface area contributed by atoms with Crippen LogP contribution >= 0.6 is 12.4 Å². The maximum atomic E-state index is 13.6. The summed E-state index contributed by atoms with van der Waals surface area (Å²) in [5.41, 5.74) is 4.29. The first-order valence-corrected chi connectivity index (χ1v) is 45.6. The van der Waals surface area contributed by atoms with Crippen LogP contribution in [0.2, 0.25) is 0 Å². The van der Waals surface area contributed by atoms with Crippen molar-refractivity contribution in [3.05, 3.63) is 237 Å². The van der Waals surface area contributed by atoms with Crippen molar-refractivity contribution in [3.63, 3.8) is 0 Å². The Labute approximate surface area is 800 Å². The minimum Gasteiger partial charge on any atom is -0.444 e. The van der Waals surface area contributed by atoms with Crippen LogP contribution < -0.4 is 16.1 Å². The summed E-state index contributed by atoms with van der Waals surface area (Å²) < 4.78 is 168. The predicted molar refractivity (Wildman–Crippen MR) is 497 cm³/mol. The number of ketones is 1. The Hall–Kier alpha value is -12.3. The summed E-state index contributed by atoms with van der Waals surface area (Å²) in [6.45, 7) is 22.9. The van der Waals surface area contributed by atoms with Gasteiger partial charge in [0.2, 0.25) is 23.6 Å². The average Bonchev–Trinajstić information content (AvgIpc) is 1.55. The number of ether oxygens (including phenoxy) is 2. The number of allylic oxidation sites excluding steroid dienone is 1. The average molecular weight is 1950 g/mol. The molecule has 1 aromatic heterocycles. The van der Waals surface area contributed by atoms with E-state index in [4.69, 9.17) is 9.47 Å². The molecule has 4 unspecified atom stereocenters. The van der Waals surface area contributed by atoms with E-state index in [1.54, 1.807) is 47.1 Å². The van der Waals surface area contributed by atoms with Crippen LogP contribution in [0.5, 0.6) is 0 Å². The molecule has 6 aromatic carbocycles. The number of carbonyl (C=O) groups is 9. The van der Waals surface area contributed by atoms with E-state index < -0.39 is 99.1 Å². The number of halogens is 13. The number of hydrazone groups is 4. The first-order chi connectivity index (χ1) is 65.0. The summed E-state index contributed by atoms with van der Waals surface area (Å²) in [5.74, 6) is -7.27. The highest BCUT2D eigenvalue weighted by Crippen LogP contribution is 2.65. The van der Waals surface area contributed by atoms with Crippen LogP contribution in [0.4, 0.5) is 62.3 Å². The smallest absolute Gasteiger partial charge is 0.410 e. The SMILES string of the molecule is CC(C)(C)OC(=O)N1CCC(C(=O)N2N=CCC2c2cc(F)cc(F)c2)CC1.CC(C)(C)OC(=O)N1CCC(C(=O)n2ccnc2)CC1.CC[C@]12CCC(CC1=O)C2(C)C.Cl.Fc1cc(F)cc(C2CC=NN2)c1.O=C(C1CCNCC1)N1N=CCC1c1cc(F)cc(F)c1.O=C(C1CCNCC1)N1N=CC[C@H]1c1cc(F)cc(F)c1.O=CC=Cc1cc(F)cc(F)c1.O=Cc1cc(F)cc(F)c1. The van der Waals surface area contributed by atoms with Crippen molar-refractivity contribution >= 4 is 97.5 Å². The lowest BCUT2D eigenvalue weighted by Crippen LogP contribution is -2.45. The number of Topliss-reactive ketones (excluding diaryl/α,β-unsaturated/α-hetero) is 1. The lowest BCUT2D eigenvalue weighted by atomic mass is 9.67. The van der Waals surface area contributed by atoms with Crippen LogP contribution in [0.25, 0.3) is 6.08 Å². The highest BCUT2D eigenvalue weighted by atomic mass is 35.5. The number of fused-ring (bicyclic) bond motifs is 2. The first kappa shape index (κ1) is 109. The number of aromatic nitrogens is 2. The van der Waals surface area contributed by atoms with Gasteiger partial charge < -0.3 is 35.3 Å². The summed E-state index contributed by atoms with van der Waals surface area (Å²) >= 11 is 0. The number of imidazole rings is 1. The molecule has 25 nitrogen and oxygen atoms in total. The summed E-state index contributed by atoms with van der Waals surface area (Å²) in [6, 6.07) is 17.8. The topological polar surface area (TPSA) is 292 Å². The maximum absolute atomic E-state index is 13.6. The molecule has 8 aliphatic heterocycles. The molecule has 138 heavy (non-hydrogen) atoms. The maximum Gasteiger partial charge on any atom is 0.410 e. The van der Waals surface area contributed by atoms with E-state index in [0.29, 0.717) is 141 Å². The molecule has 0 radical (unpaired) electrons. The Morgan fingerprint density at radius 2 is 0.790 bits per heavy atom. The van der Waals surface area contributed by atoms with E-state index in [-0.39, 0.29) is 88.9 Å². The van der Waals surface area contributed by atoms with Crippen molar-refractivity contribution in [3.8, 4) is 0 Å². The van der Waals surface area contributed by atoms with Crippen LogP contribution in [0.15, 0.2) is 154 Å². The zero-order chi connectivity index (χ0) is 99.6. The molecule has 2 aliphatic carbocycles. The van der Waals surface area contributed by atoms with E-state index in [9.17, 15) is 95.8 Å². The number of likely N-dealkylation sites (tertiary alicyclic amines) is 2. The Kier molecular flexibility index (Phi) is 39.9. The summed E-state index contributed by atoms with van der Waals surface area (Å²) in [6.07, 6.45) is 25.9. The molecule has 744 valence electrons. The third-order valence-corrected chi connectivity index (χ3v) is 25.1. The van der Waals surface area contributed by atoms with Gasteiger partial charge in [-0.2, -0.15) is 20.4 Å². The van der Waals surface area contributed by atoms with Gasteiger partial charge in [-0.1, -0.05) is 26.8 Å². The zero-order valence-electron chi connectivity index (χ0n) is 78.3. The van der Waals surface area contributed by atoms with E-state index in [0.717, 1.165) is 126 Å². The van der Waals surface area contributed by atoms with Crippen molar-refractivity contribution in [1.82, 2.24) is 50.4 Å². The van der Waals surface area contributed by atoms with Crippen molar-refractivity contribution in [1.29, 1.82) is 0 Å². The van der Waals surface area contributed by atoms with Gasteiger partial charge in [0, 0.05) is 167 Å². The molecule has 7 aromatic rings. The van der Waals surface area contributed by atoms with E-state index >= 15 is 0 Å².